The van der Waals surface area contributed by atoms with Crippen LogP contribution in [0.5, 0.6) is 0 Å². The van der Waals surface area contributed by atoms with Gasteiger partial charge in [-0.25, -0.2) is 0 Å². The van der Waals surface area contributed by atoms with E-state index in [0.29, 0.717) is 0 Å². The fraction of sp³-hybridized carbons (Fsp3) is 0.455. The SMILES string of the molecule is CC1=C(C)C2C=CC=CC1C2. The minimum absolute atomic E-state index is 0.731. The molecule has 0 saturated carbocycles. The predicted octanol–water partition coefficient (Wildman–Crippen LogP) is 3.08. The standard InChI is InChI=1S/C11H14/c1-8-9(2)11-6-4-3-5-10(8)7-11/h3-6,10-11H,7H2,1-2H3. The van der Waals surface area contributed by atoms with Gasteiger partial charge in [0.15, 0.2) is 0 Å². The lowest BCUT2D eigenvalue weighted by molar-refractivity contribution is 0.655. The van der Waals surface area contributed by atoms with Crippen LogP contribution in [-0.4, -0.2) is 0 Å². The fourth-order valence-corrected chi connectivity index (χ4v) is 2.05. The highest BCUT2D eigenvalue weighted by molar-refractivity contribution is 5.33. The van der Waals surface area contributed by atoms with Gasteiger partial charge in [0.25, 0.3) is 0 Å². The van der Waals surface area contributed by atoms with Gasteiger partial charge in [-0.2, -0.15) is 0 Å². The third-order valence-corrected chi connectivity index (χ3v) is 3.04. The summed E-state index contributed by atoms with van der Waals surface area (Å²) in [5.41, 5.74) is 3.19. The van der Waals surface area contributed by atoms with Crippen LogP contribution in [0.2, 0.25) is 0 Å². The normalized spacial score (nSPS) is 34.7. The first kappa shape index (κ1) is 6.90. The first-order valence-corrected chi connectivity index (χ1v) is 4.31. The van der Waals surface area contributed by atoms with E-state index in [1.54, 1.807) is 11.1 Å². The van der Waals surface area contributed by atoms with E-state index in [4.69, 9.17) is 0 Å². The Hall–Kier alpha value is -0.780. The first-order valence-electron chi connectivity index (χ1n) is 4.31. The van der Waals surface area contributed by atoms with Crippen LogP contribution in [0.25, 0.3) is 0 Å². The molecule has 2 atom stereocenters. The molecule has 0 heterocycles. The highest BCUT2D eigenvalue weighted by atomic mass is 14.3. The second-order valence-corrected chi connectivity index (χ2v) is 3.58. The van der Waals surface area contributed by atoms with Crippen molar-refractivity contribution in [2.45, 2.75) is 20.3 Å². The predicted molar refractivity (Wildman–Crippen MR) is 48.3 cm³/mol. The average molecular weight is 146 g/mol. The summed E-state index contributed by atoms with van der Waals surface area (Å²) in [5, 5.41) is 0. The summed E-state index contributed by atoms with van der Waals surface area (Å²) in [5.74, 6) is 1.46. The Bertz CT molecular complexity index is 227. The van der Waals surface area contributed by atoms with E-state index >= 15 is 0 Å². The molecule has 2 rings (SSSR count). The van der Waals surface area contributed by atoms with Crippen LogP contribution in [-0.2, 0) is 0 Å². The van der Waals surface area contributed by atoms with Crippen molar-refractivity contribution in [1.29, 1.82) is 0 Å². The Kier molecular flexibility index (Phi) is 1.49. The van der Waals surface area contributed by atoms with Crippen molar-refractivity contribution in [3.63, 3.8) is 0 Å². The van der Waals surface area contributed by atoms with E-state index in [2.05, 4.69) is 38.2 Å². The van der Waals surface area contributed by atoms with Crippen molar-refractivity contribution in [3.8, 4) is 0 Å². The van der Waals surface area contributed by atoms with E-state index in [9.17, 15) is 0 Å². The first-order chi connectivity index (χ1) is 5.29. The summed E-state index contributed by atoms with van der Waals surface area (Å²) in [4.78, 5) is 0. The summed E-state index contributed by atoms with van der Waals surface area (Å²) in [6, 6.07) is 0. The zero-order valence-electron chi connectivity index (χ0n) is 7.17. The van der Waals surface area contributed by atoms with E-state index < -0.39 is 0 Å². The zero-order chi connectivity index (χ0) is 7.84. The fourth-order valence-electron chi connectivity index (χ4n) is 2.05. The number of hydrogen-bond acceptors (Lipinski definition) is 0. The molecule has 0 aromatic rings. The lowest BCUT2D eigenvalue weighted by atomic mass is 10.0. The molecule has 2 aliphatic rings. The van der Waals surface area contributed by atoms with Gasteiger partial charge in [-0.15, -0.1) is 0 Å². The minimum atomic E-state index is 0.731. The maximum atomic E-state index is 2.32. The molecular formula is C11H14. The van der Waals surface area contributed by atoms with Crippen LogP contribution in [0.3, 0.4) is 0 Å². The molecule has 0 N–H and O–H groups in total. The second kappa shape index (κ2) is 2.37. The van der Waals surface area contributed by atoms with Crippen LogP contribution < -0.4 is 0 Å². The van der Waals surface area contributed by atoms with Gasteiger partial charge in [0.2, 0.25) is 0 Å². The van der Waals surface area contributed by atoms with Crippen LogP contribution in [0.15, 0.2) is 35.5 Å². The highest BCUT2D eigenvalue weighted by Gasteiger charge is 2.25. The Balaban J connectivity index is 2.42. The van der Waals surface area contributed by atoms with E-state index in [-0.39, 0.29) is 0 Å². The number of rotatable bonds is 0. The summed E-state index contributed by atoms with van der Waals surface area (Å²) in [7, 11) is 0. The van der Waals surface area contributed by atoms with Gasteiger partial charge < -0.3 is 0 Å². The smallest absolute Gasteiger partial charge is 0.00115 e. The summed E-state index contributed by atoms with van der Waals surface area (Å²) in [6.45, 7) is 4.53. The van der Waals surface area contributed by atoms with Crippen molar-refractivity contribution in [3.05, 3.63) is 35.5 Å². The lowest BCUT2D eigenvalue weighted by Crippen LogP contribution is -1.92. The maximum absolute atomic E-state index is 2.32. The molecule has 11 heavy (non-hydrogen) atoms. The molecule has 0 spiro atoms. The van der Waals surface area contributed by atoms with Crippen molar-refractivity contribution in [2.75, 3.05) is 0 Å². The Morgan fingerprint density at radius 2 is 1.45 bits per heavy atom. The van der Waals surface area contributed by atoms with Crippen LogP contribution in [0.1, 0.15) is 20.3 Å². The molecule has 0 fully saturated rings. The van der Waals surface area contributed by atoms with Crippen molar-refractivity contribution < 1.29 is 0 Å². The molecule has 58 valence electrons. The third kappa shape index (κ3) is 0.973. The molecular weight excluding hydrogens is 132 g/mol. The quantitative estimate of drug-likeness (QED) is 0.461. The van der Waals surface area contributed by atoms with Gasteiger partial charge in [-0.05, 0) is 32.1 Å². The monoisotopic (exact) mass is 146 g/mol. The Labute approximate surface area is 68.3 Å². The summed E-state index contributed by atoms with van der Waals surface area (Å²) in [6.07, 6.45) is 10.3. The summed E-state index contributed by atoms with van der Waals surface area (Å²) < 4.78 is 0. The zero-order valence-corrected chi connectivity index (χ0v) is 7.17. The highest BCUT2D eigenvalue weighted by Crippen LogP contribution is 2.39. The molecule has 0 aliphatic heterocycles. The van der Waals surface area contributed by atoms with Crippen LogP contribution in [0, 0.1) is 11.8 Å². The largest absolute Gasteiger partial charge is 0.0773 e. The third-order valence-electron chi connectivity index (χ3n) is 3.04. The van der Waals surface area contributed by atoms with Gasteiger partial charge in [0, 0.05) is 0 Å². The van der Waals surface area contributed by atoms with Gasteiger partial charge in [-0.3, -0.25) is 0 Å². The van der Waals surface area contributed by atoms with Crippen molar-refractivity contribution in [2.24, 2.45) is 11.8 Å². The van der Waals surface area contributed by atoms with Gasteiger partial charge >= 0.3 is 0 Å². The van der Waals surface area contributed by atoms with Crippen molar-refractivity contribution >= 4 is 0 Å². The molecule has 0 saturated heterocycles. The molecule has 0 amide bonds. The van der Waals surface area contributed by atoms with Gasteiger partial charge in [0.1, 0.15) is 0 Å². The molecule has 2 aliphatic carbocycles. The van der Waals surface area contributed by atoms with Gasteiger partial charge in [0.05, 0.1) is 0 Å². The van der Waals surface area contributed by atoms with E-state index in [0.717, 1.165) is 11.8 Å². The van der Waals surface area contributed by atoms with Gasteiger partial charge in [-0.1, -0.05) is 35.5 Å². The minimum Gasteiger partial charge on any atom is -0.0773 e. The molecule has 2 unspecified atom stereocenters. The van der Waals surface area contributed by atoms with Crippen molar-refractivity contribution in [1.82, 2.24) is 0 Å². The Morgan fingerprint density at radius 1 is 1.00 bits per heavy atom. The summed E-state index contributed by atoms with van der Waals surface area (Å²) >= 11 is 0. The Morgan fingerprint density at radius 3 is 1.91 bits per heavy atom. The number of fused-ring (bicyclic) bond motifs is 2. The van der Waals surface area contributed by atoms with E-state index in [1.807, 2.05) is 0 Å². The topological polar surface area (TPSA) is 0 Å². The van der Waals surface area contributed by atoms with Crippen LogP contribution in [0.4, 0.5) is 0 Å². The molecule has 2 bridgehead atoms. The number of hydrogen-bond donors (Lipinski definition) is 0. The lowest BCUT2D eigenvalue weighted by Gasteiger charge is -2.03. The van der Waals surface area contributed by atoms with E-state index in [1.165, 1.54) is 6.42 Å². The molecule has 0 heteroatoms. The second-order valence-electron chi connectivity index (χ2n) is 3.58. The maximum Gasteiger partial charge on any atom is -0.00115 e. The molecule has 0 radical (unpaired) electrons. The number of allylic oxidation sites excluding steroid dienone is 6. The molecule has 0 nitrogen and oxygen atoms in total. The molecule has 0 aromatic heterocycles. The van der Waals surface area contributed by atoms with Crippen LogP contribution >= 0.6 is 0 Å². The average Bonchev–Trinajstić information content (AvgIpc) is 2.31. The molecule has 0 aromatic carbocycles.